The van der Waals surface area contributed by atoms with E-state index in [0.717, 1.165) is 31.9 Å². The van der Waals surface area contributed by atoms with Gasteiger partial charge in [0.2, 0.25) is 0 Å². The van der Waals surface area contributed by atoms with Crippen molar-refractivity contribution in [2.24, 2.45) is 4.99 Å². The number of aliphatic imine (C=N–C) groups is 1. The molecule has 1 aliphatic heterocycles. The number of halogens is 1. The van der Waals surface area contributed by atoms with Crippen LogP contribution in [0.1, 0.15) is 11.1 Å². The molecular weight excluding hydrogens is 222 g/mol. The molecule has 0 aliphatic carbocycles. The molecule has 1 heterocycles. The zero-order chi connectivity index (χ0) is 10.5. The van der Waals surface area contributed by atoms with Crippen LogP contribution in [0.4, 0.5) is 0 Å². The van der Waals surface area contributed by atoms with Crippen molar-refractivity contribution in [2.75, 3.05) is 26.7 Å². The van der Waals surface area contributed by atoms with Crippen LogP contribution in [-0.2, 0) is 6.42 Å². The molecule has 88 valence electrons. The van der Waals surface area contributed by atoms with E-state index in [0.29, 0.717) is 0 Å². The smallest absolute Gasteiger partial charge is 0.128 e. The van der Waals surface area contributed by atoms with Gasteiger partial charge in [0.05, 0.1) is 6.54 Å². The molecule has 1 aromatic rings. The van der Waals surface area contributed by atoms with Gasteiger partial charge in [-0.25, -0.2) is 0 Å². The predicted molar refractivity (Wildman–Crippen MR) is 70.7 cm³/mol. The van der Waals surface area contributed by atoms with Gasteiger partial charge in [-0.2, -0.15) is 0 Å². The lowest BCUT2D eigenvalue weighted by atomic mass is 10.1. The van der Waals surface area contributed by atoms with Crippen LogP contribution >= 0.6 is 12.4 Å². The van der Waals surface area contributed by atoms with Crippen LogP contribution in [0, 0.1) is 0 Å². The van der Waals surface area contributed by atoms with E-state index in [9.17, 15) is 0 Å². The Balaban J connectivity index is 0.00000128. The maximum absolute atomic E-state index is 4.39. The first-order chi connectivity index (χ1) is 7.40. The molecule has 0 bridgehead atoms. The summed E-state index contributed by atoms with van der Waals surface area (Å²) >= 11 is 0. The molecule has 0 aromatic heterocycles. The van der Waals surface area contributed by atoms with Crippen molar-refractivity contribution in [3.8, 4) is 0 Å². The minimum Gasteiger partial charge on any atom is -0.368 e. The Morgan fingerprint density at radius 2 is 2.06 bits per heavy atom. The Bertz CT molecular complexity index is 346. The number of amidine groups is 1. The van der Waals surface area contributed by atoms with Gasteiger partial charge in [-0.15, -0.1) is 12.4 Å². The minimum atomic E-state index is 0. The highest BCUT2D eigenvalue weighted by Crippen LogP contribution is 2.07. The average molecular weight is 240 g/mol. The second-order valence-corrected chi connectivity index (χ2v) is 3.71. The highest BCUT2D eigenvalue weighted by atomic mass is 35.5. The summed E-state index contributed by atoms with van der Waals surface area (Å²) in [6.07, 6.45) is 1.08. The summed E-state index contributed by atoms with van der Waals surface area (Å²) in [7, 11) is 1.98. The third-order valence-electron chi connectivity index (χ3n) is 2.57. The van der Waals surface area contributed by atoms with E-state index >= 15 is 0 Å². The average Bonchev–Trinajstić information content (AvgIpc) is 2.80. The van der Waals surface area contributed by atoms with Gasteiger partial charge in [0.1, 0.15) is 5.84 Å². The van der Waals surface area contributed by atoms with Crippen molar-refractivity contribution >= 4 is 18.2 Å². The van der Waals surface area contributed by atoms with E-state index < -0.39 is 0 Å². The van der Waals surface area contributed by atoms with Crippen LogP contribution in [0.2, 0.25) is 0 Å². The molecular formula is C12H18ClN3. The van der Waals surface area contributed by atoms with E-state index in [-0.39, 0.29) is 12.4 Å². The molecule has 4 heteroatoms. The van der Waals surface area contributed by atoms with E-state index in [1.165, 1.54) is 11.1 Å². The van der Waals surface area contributed by atoms with Crippen molar-refractivity contribution in [1.29, 1.82) is 0 Å². The van der Waals surface area contributed by atoms with Crippen molar-refractivity contribution in [1.82, 2.24) is 10.6 Å². The summed E-state index contributed by atoms with van der Waals surface area (Å²) in [6.45, 7) is 2.90. The van der Waals surface area contributed by atoms with Crippen molar-refractivity contribution in [2.45, 2.75) is 6.42 Å². The molecule has 3 nitrogen and oxygen atoms in total. The number of hydrogen-bond acceptors (Lipinski definition) is 3. The lowest BCUT2D eigenvalue weighted by Gasteiger charge is -2.04. The molecule has 1 aliphatic rings. The molecule has 2 N–H and O–H groups in total. The second-order valence-electron chi connectivity index (χ2n) is 3.71. The number of benzene rings is 1. The SMILES string of the molecule is CNCCc1ccc(C2=NCCN2)cc1.Cl. The van der Waals surface area contributed by atoms with Crippen LogP contribution < -0.4 is 10.6 Å². The van der Waals surface area contributed by atoms with E-state index in [1.807, 2.05) is 7.05 Å². The maximum atomic E-state index is 4.39. The predicted octanol–water partition coefficient (Wildman–Crippen LogP) is 1.22. The number of rotatable bonds is 4. The first kappa shape index (κ1) is 13.0. The van der Waals surface area contributed by atoms with Crippen molar-refractivity contribution in [3.05, 3.63) is 35.4 Å². The molecule has 0 spiro atoms. The van der Waals surface area contributed by atoms with Gasteiger partial charge in [-0.3, -0.25) is 4.99 Å². The quantitative estimate of drug-likeness (QED) is 0.829. The van der Waals surface area contributed by atoms with Gasteiger partial charge >= 0.3 is 0 Å². The molecule has 0 saturated carbocycles. The zero-order valence-electron chi connectivity index (χ0n) is 9.49. The van der Waals surface area contributed by atoms with Gasteiger partial charge in [0.15, 0.2) is 0 Å². The standard InChI is InChI=1S/C12H17N3.ClH/c1-13-7-6-10-2-4-11(5-3-10)12-14-8-9-15-12;/h2-5,13H,6-9H2,1H3,(H,14,15);1H. The van der Waals surface area contributed by atoms with E-state index in [2.05, 4.69) is 39.9 Å². The molecule has 0 fully saturated rings. The summed E-state index contributed by atoms with van der Waals surface area (Å²) in [4.78, 5) is 4.39. The molecule has 0 saturated heterocycles. The molecule has 1 aromatic carbocycles. The number of nitrogens with zero attached hydrogens (tertiary/aromatic N) is 1. The molecule has 0 atom stereocenters. The van der Waals surface area contributed by atoms with E-state index in [1.54, 1.807) is 0 Å². The summed E-state index contributed by atoms with van der Waals surface area (Å²) in [5, 5.41) is 6.42. The van der Waals surface area contributed by atoms with E-state index in [4.69, 9.17) is 0 Å². The first-order valence-electron chi connectivity index (χ1n) is 5.42. The first-order valence-corrected chi connectivity index (χ1v) is 5.42. The summed E-state index contributed by atoms with van der Waals surface area (Å²) in [5.74, 6) is 1.04. The lowest BCUT2D eigenvalue weighted by molar-refractivity contribution is 0.792. The topological polar surface area (TPSA) is 36.4 Å². The summed E-state index contributed by atoms with van der Waals surface area (Å²) < 4.78 is 0. The fourth-order valence-corrected chi connectivity index (χ4v) is 1.69. The normalized spacial score (nSPS) is 13.9. The van der Waals surface area contributed by atoms with Gasteiger partial charge in [0.25, 0.3) is 0 Å². The largest absolute Gasteiger partial charge is 0.368 e. The van der Waals surface area contributed by atoms with Crippen molar-refractivity contribution < 1.29 is 0 Å². The van der Waals surface area contributed by atoms with Crippen LogP contribution in [0.5, 0.6) is 0 Å². The van der Waals surface area contributed by atoms with Crippen LogP contribution in [0.3, 0.4) is 0 Å². The van der Waals surface area contributed by atoms with Crippen LogP contribution in [0.15, 0.2) is 29.3 Å². The third kappa shape index (κ3) is 3.22. The monoisotopic (exact) mass is 239 g/mol. The number of likely N-dealkylation sites (N-methyl/N-ethyl adjacent to an activating group) is 1. The fraction of sp³-hybridized carbons (Fsp3) is 0.417. The van der Waals surface area contributed by atoms with Gasteiger partial charge in [-0.1, -0.05) is 24.3 Å². The number of hydrogen-bond donors (Lipinski definition) is 2. The van der Waals surface area contributed by atoms with Gasteiger partial charge in [-0.05, 0) is 25.6 Å². The molecule has 0 radical (unpaired) electrons. The maximum Gasteiger partial charge on any atom is 0.128 e. The van der Waals surface area contributed by atoms with Crippen molar-refractivity contribution in [3.63, 3.8) is 0 Å². The minimum absolute atomic E-state index is 0. The van der Waals surface area contributed by atoms with Gasteiger partial charge in [0, 0.05) is 12.1 Å². The van der Waals surface area contributed by atoms with Crippen LogP contribution in [-0.4, -0.2) is 32.5 Å². The van der Waals surface area contributed by atoms with Crippen LogP contribution in [0.25, 0.3) is 0 Å². The van der Waals surface area contributed by atoms with Gasteiger partial charge < -0.3 is 10.6 Å². The second kappa shape index (κ2) is 6.51. The fourth-order valence-electron chi connectivity index (χ4n) is 1.69. The molecule has 16 heavy (non-hydrogen) atoms. The number of nitrogens with one attached hydrogen (secondary N) is 2. The molecule has 2 rings (SSSR count). The molecule has 0 amide bonds. The Kier molecular flexibility index (Phi) is 5.29. The Morgan fingerprint density at radius 1 is 1.31 bits per heavy atom. The zero-order valence-corrected chi connectivity index (χ0v) is 10.3. The Morgan fingerprint density at radius 3 is 2.62 bits per heavy atom. The molecule has 0 unspecified atom stereocenters. The third-order valence-corrected chi connectivity index (χ3v) is 2.57. The summed E-state index contributed by atoms with van der Waals surface area (Å²) in [5.41, 5.74) is 2.56. The Labute approximate surface area is 103 Å². The highest BCUT2D eigenvalue weighted by Gasteiger charge is 2.06. The summed E-state index contributed by atoms with van der Waals surface area (Å²) in [6, 6.07) is 8.63. The lowest BCUT2D eigenvalue weighted by Crippen LogP contribution is -2.19. The highest BCUT2D eigenvalue weighted by molar-refractivity contribution is 5.99. The Hall–Kier alpha value is -1.06.